The molecule has 2 N–H and O–H groups in total. The Hall–Kier alpha value is -3.17. The lowest BCUT2D eigenvalue weighted by Gasteiger charge is -2.08. The molecule has 0 radical (unpaired) electrons. The lowest BCUT2D eigenvalue weighted by atomic mass is 10.0. The molecule has 2 heterocycles. The zero-order valence-electron chi connectivity index (χ0n) is 15.4. The van der Waals surface area contributed by atoms with E-state index in [9.17, 15) is 9.59 Å². The number of carbonyl (C=O) groups excluding carboxylic acids is 1. The number of nitrogens with two attached hydrogens (primary N) is 1. The zero-order valence-corrected chi connectivity index (χ0v) is 17.0. The molecule has 9 heteroatoms. The lowest BCUT2D eigenvalue weighted by molar-refractivity contribution is -0.114. The van der Waals surface area contributed by atoms with E-state index in [0.29, 0.717) is 10.5 Å². The molecule has 0 saturated heterocycles. The normalized spacial score (nSPS) is 15.1. The number of carbonyl (C=O) groups is 1. The van der Waals surface area contributed by atoms with E-state index >= 15 is 0 Å². The maximum atomic E-state index is 12.5. The highest BCUT2D eigenvalue weighted by atomic mass is 32.2. The molecule has 0 atom stereocenters. The van der Waals surface area contributed by atoms with Gasteiger partial charge in [0.05, 0.1) is 12.7 Å². The number of ether oxygens (including phenoxy) is 1. The number of rotatable bonds is 5. The average Bonchev–Trinajstić information content (AvgIpc) is 3.14. The fraction of sp³-hybridized carbons (Fsp3) is 0.100. The Bertz CT molecular complexity index is 1240. The van der Waals surface area contributed by atoms with Gasteiger partial charge in [-0.2, -0.15) is 9.50 Å². The molecule has 0 unspecified atom stereocenters. The number of ketones is 1. The van der Waals surface area contributed by atoms with Gasteiger partial charge in [0.2, 0.25) is 10.7 Å². The molecular formula is C20H16N4O3S2. The first-order valence-corrected chi connectivity index (χ1v) is 10.4. The van der Waals surface area contributed by atoms with E-state index in [2.05, 4.69) is 10.1 Å². The molecule has 2 aromatic heterocycles. The third-order valence-electron chi connectivity index (χ3n) is 4.18. The molecule has 0 bridgehead atoms. The van der Waals surface area contributed by atoms with Gasteiger partial charge in [-0.15, -0.1) is 5.10 Å². The third kappa shape index (κ3) is 4.01. The largest absolute Gasteiger partial charge is 0.493 e. The Morgan fingerprint density at radius 3 is 2.79 bits per heavy atom. The molecule has 0 saturated carbocycles. The number of nitrogen functional groups attached to an aromatic ring is 1. The smallest absolute Gasteiger partial charge is 0.283 e. The van der Waals surface area contributed by atoms with E-state index in [1.165, 1.54) is 34.6 Å². The summed E-state index contributed by atoms with van der Waals surface area (Å²) in [6.07, 6.45) is 6.11. The van der Waals surface area contributed by atoms with Gasteiger partial charge in [0.15, 0.2) is 10.1 Å². The number of aromatic nitrogens is 3. The molecule has 146 valence electrons. The van der Waals surface area contributed by atoms with Crippen LogP contribution in [0.4, 0.5) is 5.82 Å². The minimum absolute atomic E-state index is 0.194. The van der Waals surface area contributed by atoms with Crippen LogP contribution in [0.5, 0.6) is 0 Å². The van der Waals surface area contributed by atoms with E-state index in [-0.39, 0.29) is 22.9 Å². The molecule has 0 spiro atoms. The number of allylic oxidation sites excluding steroid dienone is 4. The van der Waals surface area contributed by atoms with Gasteiger partial charge in [0.1, 0.15) is 5.82 Å². The number of anilines is 1. The minimum atomic E-state index is -0.448. The van der Waals surface area contributed by atoms with E-state index < -0.39 is 5.56 Å². The van der Waals surface area contributed by atoms with Crippen molar-refractivity contribution in [3.63, 3.8) is 0 Å². The summed E-state index contributed by atoms with van der Waals surface area (Å²) < 4.78 is 7.29. The zero-order chi connectivity index (χ0) is 20.4. The Morgan fingerprint density at radius 2 is 2.03 bits per heavy atom. The van der Waals surface area contributed by atoms with E-state index in [0.717, 1.165) is 10.1 Å². The summed E-state index contributed by atoms with van der Waals surface area (Å²) in [7, 11) is 1.42. The quantitative estimate of drug-likeness (QED) is 0.628. The average molecular weight is 425 g/mol. The number of hydrogen-bond donors (Lipinski definition) is 1. The van der Waals surface area contributed by atoms with Crippen molar-refractivity contribution >= 4 is 45.7 Å². The van der Waals surface area contributed by atoms with Crippen LogP contribution < -0.4 is 11.3 Å². The maximum Gasteiger partial charge on any atom is 0.283 e. The fourth-order valence-corrected chi connectivity index (χ4v) is 4.61. The van der Waals surface area contributed by atoms with Gasteiger partial charge in [0, 0.05) is 5.75 Å². The molecule has 1 aromatic carbocycles. The van der Waals surface area contributed by atoms with Crippen molar-refractivity contribution in [3.8, 4) is 0 Å². The van der Waals surface area contributed by atoms with Gasteiger partial charge < -0.3 is 10.5 Å². The molecule has 7 nitrogen and oxygen atoms in total. The van der Waals surface area contributed by atoms with Gasteiger partial charge in [-0.05, 0) is 29.4 Å². The molecule has 29 heavy (non-hydrogen) atoms. The van der Waals surface area contributed by atoms with Crippen LogP contribution in [0.15, 0.2) is 69.0 Å². The van der Waals surface area contributed by atoms with Crippen molar-refractivity contribution in [2.45, 2.75) is 10.1 Å². The van der Waals surface area contributed by atoms with Crippen LogP contribution in [0.25, 0.3) is 11.0 Å². The summed E-state index contributed by atoms with van der Waals surface area (Å²) in [6.45, 7) is 0. The number of methoxy groups -OCH3 is 1. The standard InChI is InChI=1S/C20H16N4O3S2/c1-27-16-10-13(7-8-15(16)25)9-14-17(21)24-19(22-18(14)26)29-20(23-24)28-11-12-5-3-2-4-6-12/h2-10H,11,21H2,1H3. The van der Waals surface area contributed by atoms with Crippen molar-refractivity contribution in [3.05, 3.63) is 81.4 Å². The van der Waals surface area contributed by atoms with Crippen LogP contribution in [0, 0.1) is 0 Å². The van der Waals surface area contributed by atoms with E-state index in [1.807, 2.05) is 30.3 Å². The SMILES string of the molecule is COC1=CC(=Cc2c(N)n3nc(SCc4ccccc4)sc3nc2=O)C=CC1=O. The van der Waals surface area contributed by atoms with Gasteiger partial charge in [-0.1, -0.05) is 59.5 Å². The first-order valence-electron chi connectivity index (χ1n) is 8.61. The maximum absolute atomic E-state index is 12.5. The monoisotopic (exact) mass is 424 g/mol. The Kier molecular flexibility index (Phi) is 5.32. The number of benzene rings is 1. The fourth-order valence-electron chi connectivity index (χ4n) is 2.72. The van der Waals surface area contributed by atoms with Crippen molar-refractivity contribution in [1.29, 1.82) is 0 Å². The summed E-state index contributed by atoms with van der Waals surface area (Å²) in [5, 5.41) is 4.50. The minimum Gasteiger partial charge on any atom is -0.493 e. The molecule has 0 aliphatic heterocycles. The van der Waals surface area contributed by atoms with Gasteiger partial charge in [-0.3, -0.25) is 9.59 Å². The van der Waals surface area contributed by atoms with Crippen LogP contribution in [-0.2, 0) is 15.3 Å². The molecule has 3 aromatic rings. The lowest BCUT2D eigenvalue weighted by Crippen LogP contribution is -2.17. The van der Waals surface area contributed by atoms with Crippen LogP contribution in [0.2, 0.25) is 0 Å². The van der Waals surface area contributed by atoms with Crippen LogP contribution >= 0.6 is 23.1 Å². The molecule has 1 aliphatic rings. The number of fused-ring (bicyclic) bond motifs is 1. The van der Waals surface area contributed by atoms with Crippen LogP contribution in [0.3, 0.4) is 0 Å². The first kappa shape index (κ1) is 19.2. The first-order chi connectivity index (χ1) is 14.0. The van der Waals surface area contributed by atoms with Crippen molar-refractivity contribution in [1.82, 2.24) is 14.6 Å². The highest BCUT2D eigenvalue weighted by Crippen LogP contribution is 2.28. The summed E-state index contributed by atoms with van der Waals surface area (Å²) in [4.78, 5) is 28.7. The Labute approximate surface area is 174 Å². The van der Waals surface area contributed by atoms with E-state index in [4.69, 9.17) is 10.5 Å². The summed E-state index contributed by atoms with van der Waals surface area (Å²) >= 11 is 2.87. The number of thioether (sulfide) groups is 1. The van der Waals surface area contributed by atoms with Crippen molar-refractivity contribution in [2.75, 3.05) is 12.8 Å². The Balaban J connectivity index is 1.67. The topological polar surface area (TPSA) is 99.6 Å². The molecular weight excluding hydrogens is 408 g/mol. The summed E-state index contributed by atoms with van der Waals surface area (Å²) in [6, 6.07) is 10.0. The third-order valence-corrected chi connectivity index (χ3v) is 6.29. The van der Waals surface area contributed by atoms with Crippen molar-refractivity contribution < 1.29 is 9.53 Å². The predicted octanol–water partition coefficient (Wildman–Crippen LogP) is 3.08. The number of nitrogens with zero attached hydrogens (tertiary/aromatic N) is 3. The van der Waals surface area contributed by atoms with Crippen LogP contribution in [-0.4, -0.2) is 27.5 Å². The second-order valence-corrected chi connectivity index (χ2v) is 8.29. The summed E-state index contributed by atoms with van der Waals surface area (Å²) in [5.74, 6) is 0.918. The Morgan fingerprint density at radius 1 is 1.24 bits per heavy atom. The molecule has 4 rings (SSSR count). The predicted molar refractivity (Wildman–Crippen MR) is 115 cm³/mol. The summed E-state index contributed by atoms with van der Waals surface area (Å²) in [5.41, 5.74) is 7.78. The van der Waals surface area contributed by atoms with Crippen molar-refractivity contribution in [2.24, 2.45) is 0 Å². The molecule has 1 aliphatic carbocycles. The van der Waals surface area contributed by atoms with Gasteiger partial charge in [-0.25, -0.2) is 0 Å². The number of hydrogen-bond acceptors (Lipinski definition) is 8. The molecule has 0 amide bonds. The second kappa shape index (κ2) is 8.06. The highest BCUT2D eigenvalue weighted by molar-refractivity contribution is 8.00. The van der Waals surface area contributed by atoms with Gasteiger partial charge >= 0.3 is 0 Å². The van der Waals surface area contributed by atoms with Gasteiger partial charge in [0.25, 0.3) is 5.56 Å². The van der Waals surface area contributed by atoms with Crippen LogP contribution in [0.1, 0.15) is 11.1 Å². The van der Waals surface area contributed by atoms with E-state index in [1.54, 1.807) is 30.0 Å². The highest BCUT2D eigenvalue weighted by Gasteiger charge is 2.16. The molecule has 0 fully saturated rings. The second-order valence-electron chi connectivity index (χ2n) is 6.11.